The average Bonchev–Trinajstić information content (AvgIpc) is 3.06. The van der Waals surface area contributed by atoms with Crippen molar-refractivity contribution in [2.75, 3.05) is 32.1 Å². The smallest absolute Gasteiger partial charge is 0.282 e. The minimum atomic E-state index is -0.616. The Labute approximate surface area is 175 Å². The summed E-state index contributed by atoms with van der Waals surface area (Å²) in [6, 6.07) is 8.05. The lowest BCUT2D eigenvalue weighted by Gasteiger charge is -2.21. The fourth-order valence-corrected chi connectivity index (χ4v) is 4.00. The summed E-state index contributed by atoms with van der Waals surface area (Å²) in [6.45, 7) is 1.00. The van der Waals surface area contributed by atoms with E-state index in [0.29, 0.717) is 34.9 Å². The van der Waals surface area contributed by atoms with E-state index in [0.717, 1.165) is 11.3 Å². The van der Waals surface area contributed by atoms with Gasteiger partial charge < -0.3 is 4.90 Å². The van der Waals surface area contributed by atoms with Gasteiger partial charge in [0.15, 0.2) is 5.13 Å². The van der Waals surface area contributed by atoms with Gasteiger partial charge in [0.25, 0.3) is 11.6 Å². The highest BCUT2D eigenvalue weighted by Gasteiger charge is 2.28. The van der Waals surface area contributed by atoms with Gasteiger partial charge in [0.1, 0.15) is 11.4 Å². The Balaban J connectivity index is 2.04. The second-order valence-electron chi connectivity index (χ2n) is 6.64. The number of hydrogen-bond acceptors (Lipinski definition) is 6. The van der Waals surface area contributed by atoms with Crippen molar-refractivity contribution in [3.63, 3.8) is 0 Å². The summed E-state index contributed by atoms with van der Waals surface area (Å²) >= 11 is 7.15. The molecule has 1 aromatic heterocycles. The molecule has 0 bridgehead atoms. The van der Waals surface area contributed by atoms with Gasteiger partial charge in [-0.2, -0.15) is 0 Å². The van der Waals surface area contributed by atoms with E-state index < -0.39 is 16.6 Å². The summed E-state index contributed by atoms with van der Waals surface area (Å²) in [7, 11) is 3.82. The van der Waals surface area contributed by atoms with Crippen LogP contribution >= 0.6 is 22.9 Å². The van der Waals surface area contributed by atoms with E-state index in [2.05, 4.69) is 4.98 Å². The van der Waals surface area contributed by atoms with Crippen molar-refractivity contribution in [3.05, 3.63) is 62.9 Å². The topological polar surface area (TPSA) is 79.6 Å². The number of carbonyl (C=O) groups is 1. The number of anilines is 1. The van der Waals surface area contributed by atoms with Crippen molar-refractivity contribution in [1.82, 2.24) is 9.88 Å². The zero-order valence-corrected chi connectivity index (χ0v) is 17.3. The van der Waals surface area contributed by atoms with Gasteiger partial charge in [0.05, 0.1) is 15.1 Å². The van der Waals surface area contributed by atoms with Crippen LogP contribution in [0.25, 0.3) is 10.2 Å². The predicted octanol–water partition coefficient (Wildman–Crippen LogP) is 4.60. The third kappa shape index (κ3) is 4.87. The van der Waals surface area contributed by atoms with Crippen LogP contribution in [0.4, 0.5) is 15.2 Å². The van der Waals surface area contributed by atoms with Gasteiger partial charge >= 0.3 is 0 Å². The molecule has 3 aromatic rings. The maximum atomic E-state index is 13.6. The number of nitrogens with zero attached hydrogens (tertiary/aromatic N) is 4. The highest BCUT2D eigenvalue weighted by atomic mass is 35.5. The summed E-state index contributed by atoms with van der Waals surface area (Å²) in [6.07, 6.45) is 0.622. The van der Waals surface area contributed by atoms with Gasteiger partial charge in [-0.1, -0.05) is 22.9 Å². The lowest BCUT2D eigenvalue weighted by molar-refractivity contribution is -0.385. The molecule has 10 heteroatoms. The number of thiazole rings is 1. The molecule has 3 rings (SSSR count). The number of amides is 1. The maximum absolute atomic E-state index is 13.6. The summed E-state index contributed by atoms with van der Waals surface area (Å²) < 4.78 is 14.1. The molecule has 0 atom stereocenters. The molecular weight excluding hydrogens is 419 g/mol. The van der Waals surface area contributed by atoms with Crippen LogP contribution in [0.1, 0.15) is 16.8 Å². The van der Waals surface area contributed by atoms with E-state index in [-0.39, 0.29) is 16.3 Å². The molecule has 1 amide bonds. The van der Waals surface area contributed by atoms with Crippen LogP contribution in [-0.4, -0.2) is 47.9 Å². The monoisotopic (exact) mass is 436 g/mol. The van der Waals surface area contributed by atoms with Gasteiger partial charge in [0.2, 0.25) is 0 Å². The van der Waals surface area contributed by atoms with Gasteiger partial charge in [-0.3, -0.25) is 19.8 Å². The van der Waals surface area contributed by atoms with Crippen molar-refractivity contribution in [1.29, 1.82) is 0 Å². The van der Waals surface area contributed by atoms with E-state index >= 15 is 0 Å². The third-order valence-corrected chi connectivity index (χ3v) is 5.46. The molecule has 152 valence electrons. The first kappa shape index (κ1) is 21.1. The molecule has 0 unspecified atom stereocenters. The molecule has 29 heavy (non-hydrogen) atoms. The SMILES string of the molecule is CN(C)CCCN(C(=O)c1cc(Cl)ccc1[N+](=O)[O-])c1nc2ccc(F)cc2s1. The third-order valence-electron chi connectivity index (χ3n) is 4.19. The Morgan fingerprint density at radius 3 is 2.69 bits per heavy atom. The number of hydrogen-bond donors (Lipinski definition) is 0. The minimum absolute atomic E-state index is 0.113. The number of rotatable bonds is 7. The first-order valence-corrected chi connectivity index (χ1v) is 9.92. The molecule has 0 spiro atoms. The van der Waals surface area contributed by atoms with Crippen LogP contribution in [0, 0.1) is 15.9 Å². The van der Waals surface area contributed by atoms with Crippen molar-refractivity contribution in [2.45, 2.75) is 6.42 Å². The number of nitro groups is 1. The van der Waals surface area contributed by atoms with Crippen LogP contribution in [-0.2, 0) is 0 Å². The minimum Gasteiger partial charge on any atom is -0.309 e. The van der Waals surface area contributed by atoms with Crippen LogP contribution in [0.2, 0.25) is 5.02 Å². The number of fused-ring (bicyclic) bond motifs is 1. The molecule has 0 N–H and O–H groups in total. The van der Waals surface area contributed by atoms with Crippen LogP contribution in [0.3, 0.4) is 0 Å². The maximum Gasteiger partial charge on any atom is 0.282 e. The number of benzene rings is 2. The Hall–Kier alpha value is -2.62. The van der Waals surface area contributed by atoms with Crippen LogP contribution in [0.5, 0.6) is 0 Å². The molecule has 7 nitrogen and oxygen atoms in total. The number of carbonyl (C=O) groups excluding carboxylic acids is 1. The fraction of sp³-hybridized carbons (Fsp3) is 0.263. The molecule has 0 aliphatic heterocycles. The van der Waals surface area contributed by atoms with Gasteiger partial charge in [-0.25, -0.2) is 9.37 Å². The Morgan fingerprint density at radius 2 is 2.00 bits per heavy atom. The first-order chi connectivity index (χ1) is 13.8. The van der Waals surface area contributed by atoms with Crippen molar-refractivity contribution >= 4 is 49.9 Å². The van der Waals surface area contributed by atoms with Gasteiger partial charge in [0, 0.05) is 17.6 Å². The van der Waals surface area contributed by atoms with Crippen molar-refractivity contribution in [2.24, 2.45) is 0 Å². The van der Waals surface area contributed by atoms with E-state index in [4.69, 9.17) is 11.6 Å². The Kier molecular flexibility index (Phi) is 6.41. The van der Waals surface area contributed by atoms with E-state index in [1.165, 1.54) is 41.3 Å². The summed E-state index contributed by atoms with van der Waals surface area (Å²) in [5, 5.41) is 12.0. The van der Waals surface area contributed by atoms with E-state index in [1.807, 2.05) is 19.0 Å². The molecule has 0 aliphatic rings. The van der Waals surface area contributed by atoms with E-state index in [1.54, 1.807) is 0 Å². The Morgan fingerprint density at radius 1 is 1.24 bits per heavy atom. The van der Waals surface area contributed by atoms with Gasteiger partial charge in [-0.05, 0) is 57.4 Å². The zero-order chi connectivity index (χ0) is 21.1. The normalized spacial score (nSPS) is 11.2. The van der Waals surface area contributed by atoms with Gasteiger partial charge in [-0.15, -0.1) is 0 Å². The number of aromatic nitrogens is 1. The average molecular weight is 437 g/mol. The fourth-order valence-electron chi connectivity index (χ4n) is 2.82. The molecule has 0 saturated heterocycles. The molecule has 0 radical (unpaired) electrons. The number of nitro benzene ring substituents is 1. The van der Waals surface area contributed by atoms with E-state index in [9.17, 15) is 19.3 Å². The first-order valence-electron chi connectivity index (χ1n) is 8.73. The van der Waals surface area contributed by atoms with Crippen LogP contribution in [0.15, 0.2) is 36.4 Å². The standard InChI is InChI=1S/C19H18ClFN4O3S/c1-23(2)8-3-9-24(19-22-15-6-5-13(21)11-17(15)29-19)18(26)14-10-12(20)4-7-16(14)25(27)28/h4-7,10-11H,3,8-9H2,1-2H3. The number of halogens is 2. The second-order valence-corrected chi connectivity index (χ2v) is 8.09. The highest BCUT2D eigenvalue weighted by molar-refractivity contribution is 7.22. The lowest BCUT2D eigenvalue weighted by atomic mass is 10.1. The lowest BCUT2D eigenvalue weighted by Crippen LogP contribution is -2.33. The van der Waals surface area contributed by atoms with Crippen molar-refractivity contribution in [3.8, 4) is 0 Å². The zero-order valence-electron chi connectivity index (χ0n) is 15.8. The molecule has 0 saturated carbocycles. The predicted molar refractivity (Wildman–Crippen MR) is 113 cm³/mol. The molecule has 0 aliphatic carbocycles. The second kappa shape index (κ2) is 8.81. The summed E-state index contributed by atoms with van der Waals surface area (Å²) in [5.41, 5.74) is 0.111. The molecular formula is C19H18ClFN4O3S. The highest BCUT2D eigenvalue weighted by Crippen LogP contribution is 2.32. The largest absolute Gasteiger partial charge is 0.309 e. The quantitative estimate of drug-likeness (QED) is 0.399. The Bertz CT molecular complexity index is 1070. The van der Waals surface area contributed by atoms with Crippen molar-refractivity contribution < 1.29 is 14.1 Å². The van der Waals surface area contributed by atoms with Crippen LogP contribution < -0.4 is 4.90 Å². The summed E-state index contributed by atoms with van der Waals surface area (Å²) in [4.78, 5) is 31.9. The molecule has 1 heterocycles. The molecule has 2 aromatic carbocycles. The molecule has 0 fully saturated rings. The summed E-state index contributed by atoms with van der Waals surface area (Å²) in [5.74, 6) is -0.971.